The average molecular weight is 255 g/mol. The lowest BCUT2D eigenvalue weighted by molar-refractivity contribution is -0.148. The maximum atomic E-state index is 11.5. The first-order chi connectivity index (χ1) is 8.47. The number of likely N-dealkylation sites (N-methyl/N-ethyl adjacent to an activating group) is 1. The standard InChI is InChI=1S/C11H21N5O2/c1-5-11(6-2,10(17)18)16-9(12-13-14-16)7-8-15(3)4/h5-8H2,1-4H3,(H,17,18). The highest BCUT2D eigenvalue weighted by atomic mass is 16.4. The molecule has 0 atom stereocenters. The van der Waals surface area contributed by atoms with E-state index in [-0.39, 0.29) is 0 Å². The average Bonchev–Trinajstić information content (AvgIpc) is 2.77. The van der Waals surface area contributed by atoms with Gasteiger partial charge in [0.1, 0.15) is 0 Å². The molecule has 0 saturated carbocycles. The number of carboxylic acid groups (broad SMARTS) is 1. The Hall–Kier alpha value is -1.50. The smallest absolute Gasteiger partial charge is 0.331 e. The summed E-state index contributed by atoms with van der Waals surface area (Å²) < 4.78 is 1.47. The molecule has 1 aromatic heterocycles. The van der Waals surface area contributed by atoms with Gasteiger partial charge in [0.15, 0.2) is 11.4 Å². The fourth-order valence-electron chi connectivity index (χ4n) is 1.96. The predicted molar refractivity (Wildman–Crippen MR) is 66.3 cm³/mol. The molecule has 102 valence electrons. The summed E-state index contributed by atoms with van der Waals surface area (Å²) in [5, 5.41) is 20.9. The van der Waals surface area contributed by atoms with E-state index in [0.717, 1.165) is 6.54 Å². The second-order valence-corrected chi connectivity index (χ2v) is 4.60. The minimum atomic E-state index is -1.04. The van der Waals surface area contributed by atoms with Crippen LogP contribution in [-0.2, 0) is 16.8 Å². The normalized spacial score (nSPS) is 12.1. The molecule has 0 unspecified atom stereocenters. The molecule has 0 aliphatic carbocycles. The zero-order valence-corrected chi connectivity index (χ0v) is 11.4. The largest absolute Gasteiger partial charge is 0.479 e. The Labute approximate surface area is 107 Å². The molecule has 7 nitrogen and oxygen atoms in total. The second kappa shape index (κ2) is 5.90. The van der Waals surface area contributed by atoms with E-state index in [2.05, 4.69) is 15.5 Å². The van der Waals surface area contributed by atoms with Crippen LogP contribution in [0.2, 0.25) is 0 Å². The van der Waals surface area contributed by atoms with E-state index in [4.69, 9.17) is 0 Å². The number of carboxylic acids is 1. The minimum Gasteiger partial charge on any atom is -0.479 e. The molecule has 18 heavy (non-hydrogen) atoms. The van der Waals surface area contributed by atoms with Gasteiger partial charge >= 0.3 is 5.97 Å². The van der Waals surface area contributed by atoms with Gasteiger partial charge in [0, 0.05) is 13.0 Å². The Bertz CT molecular complexity index is 398. The quantitative estimate of drug-likeness (QED) is 0.758. The molecule has 0 bridgehead atoms. The Morgan fingerprint density at radius 2 is 2.00 bits per heavy atom. The summed E-state index contributed by atoms with van der Waals surface area (Å²) in [5.74, 6) is -0.263. The lowest BCUT2D eigenvalue weighted by Gasteiger charge is -2.27. The number of hydrogen-bond acceptors (Lipinski definition) is 5. The Kier molecular flexibility index (Phi) is 4.77. The zero-order chi connectivity index (χ0) is 13.8. The summed E-state index contributed by atoms with van der Waals surface area (Å²) >= 11 is 0. The van der Waals surface area contributed by atoms with E-state index in [1.807, 2.05) is 32.8 Å². The van der Waals surface area contributed by atoms with Crippen molar-refractivity contribution >= 4 is 5.97 Å². The SMILES string of the molecule is CCC(CC)(C(=O)O)n1nnnc1CCN(C)C. The van der Waals surface area contributed by atoms with Gasteiger partial charge in [-0.25, -0.2) is 9.48 Å². The highest BCUT2D eigenvalue weighted by Gasteiger charge is 2.40. The molecule has 1 heterocycles. The van der Waals surface area contributed by atoms with Gasteiger partial charge in [-0.2, -0.15) is 0 Å². The number of hydrogen-bond donors (Lipinski definition) is 1. The summed E-state index contributed by atoms with van der Waals surface area (Å²) in [6.07, 6.45) is 1.55. The van der Waals surface area contributed by atoms with Crippen LogP contribution in [0.1, 0.15) is 32.5 Å². The maximum absolute atomic E-state index is 11.5. The Morgan fingerprint density at radius 3 is 2.44 bits per heavy atom. The van der Waals surface area contributed by atoms with Gasteiger partial charge in [-0.3, -0.25) is 0 Å². The number of tetrazole rings is 1. The van der Waals surface area contributed by atoms with E-state index in [1.54, 1.807) is 0 Å². The summed E-state index contributed by atoms with van der Waals surface area (Å²) in [7, 11) is 3.91. The summed E-state index contributed by atoms with van der Waals surface area (Å²) in [6.45, 7) is 4.47. The summed E-state index contributed by atoms with van der Waals surface area (Å²) in [4.78, 5) is 13.6. The third kappa shape index (κ3) is 2.66. The molecule has 1 rings (SSSR count). The molecule has 7 heteroatoms. The minimum absolute atomic E-state index is 0.457. The van der Waals surface area contributed by atoms with Crippen LogP contribution in [0.3, 0.4) is 0 Å². The van der Waals surface area contributed by atoms with Crippen molar-refractivity contribution in [2.45, 2.75) is 38.6 Å². The molecular formula is C11H21N5O2. The zero-order valence-electron chi connectivity index (χ0n) is 11.4. The first-order valence-corrected chi connectivity index (χ1v) is 6.13. The molecule has 0 aliphatic rings. The number of rotatable bonds is 7. The van der Waals surface area contributed by atoms with Gasteiger partial charge < -0.3 is 10.0 Å². The fraction of sp³-hybridized carbons (Fsp3) is 0.818. The number of nitrogens with zero attached hydrogens (tertiary/aromatic N) is 5. The van der Waals surface area contributed by atoms with Crippen molar-refractivity contribution in [1.29, 1.82) is 0 Å². The molecule has 1 aromatic rings. The topological polar surface area (TPSA) is 84.1 Å². The van der Waals surface area contributed by atoms with Crippen LogP contribution >= 0.6 is 0 Å². The molecule has 0 radical (unpaired) electrons. The van der Waals surface area contributed by atoms with Gasteiger partial charge in [0.05, 0.1) is 0 Å². The monoisotopic (exact) mass is 255 g/mol. The first kappa shape index (κ1) is 14.6. The predicted octanol–water partition coefficient (Wildman–Crippen LogP) is 0.377. The molecule has 0 aromatic carbocycles. The van der Waals surface area contributed by atoms with Gasteiger partial charge in [-0.15, -0.1) is 5.10 Å². The van der Waals surface area contributed by atoms with Crippen LogP contribution < -0.4 is 0 Å². The Balaban J connectivity index is 3.07. The summed E-state index contributed by atoms with van der Waals surface area (Å²) in [6, 6.07) is 0. The maximum Gasteiger partial charge on any atom is 0.331 e. The number of aliphatic carboxylic acids is 1. The van der Waals surface area contributed by atoms with Crippen LogP contribution in [0, 0.1) is 0 Å². The summed E-state index contributed by atoms with van der Waals surface area (Å²) in [5.41, 5.74) is -1.04. The van der Waals surface area contributed by atoms with Crippen molar-refractivity contribution in [2.24, 2.45) is 0 Å². The first-order valence-electron chi connectivity index (χ1n) is 6.13. The van der Waals surface area contributed by atoms with Crippen molar-refractivity contribution < 1.29 is 9.90 Å². The molecular weight excluding hydrogens is 234 g/mol. The van der Waals surface area contributed by atoms with Crippen molar-refractivity contribution in [3.8, 4) is 0 Å². The van der Waals surface area contributed by atoms with Crippen molar-refractivity contribution in [1.82, 2.24) is 25.1 Å². The molecule has 0 amide bonds. The molecule has 0 spiro atoms. The molecule has 0 aliphatic heterocycles. The third-order valence-electron chi connectivity index (χ3n) is 3.29. The Morgan fingerprint density at radius 1 is 1.39 bits per heavy atom. The van der Waals surface area contributed by atoms with Gasteiger partial charge in [-0.05, 0) is 37.4 Å². The highest BCUT2D eigenvalue weighted by Crippen LogP contribution is 2.25. The third-order valence-corrected chi connectivity index (χ3v) is 3.29. The number of carbonyl (C=O) groups is 1. The van der Waals surface area contributed by atoms with Crippen LogP contribution in [0.4, 0.5) is 0 Å². The van der Waals surface area contributed by atoms with E-state index in [0.29, 0.717) is 25.1 Å². The lowest BCUT2D eigenvalue weighted by Crippen LogP contribution is -2.43. The van der Waals surface area contributed by atoms with E-state index >= 15 is 0 Å². The van der Waals surface area contributed by atoms with Crippen molar-refractivity contribution in [3.63, 3.8) is 0 Å². The van der Waals surface area contributed by atoms with Gasteiger partial charge in [-0.1, -0.05) is 13.8 Å². The van der Waals surface area contributed by atoms with Crippen molar-refractivity contribution in [2.75, 3.05) is 20.6 Å². The fourth-order valence-corrected chi connectivity index (χ4v) is 1.96. The van der Waals surface area contributed by atoms with E-state index in [1.165, 1.54) is 4.68 Å². The number of aromatic nitrogens is 4. The van der Waals surface area contributed by atoms with Crippen molar-refractivity contribution in [3.05, 3.63) is 5.82 Å². The van der Waals surface area contributed by atoms with E-state index < -0.39 is 11.5 Å². The van der Waals surface area contributed by atoms with Gasteiger partial charge in [0.25, 0.3) is 0 Å². The van der Waals surface area contributed by atoms with Crippen LogP contribution in [-0.4, -0.2) is 56.8 Å². The lowest BCUT2D eigenvalue weighted by atomic mass is 9.93. The van der Waals surface area contributed by atoms with E-state index in [9.17, 15) is 9.90 Å². The molecule has 0 fully saturated rings. The van der Waals surface area contributed by atoms with Crippen LogP contribution in [0.5, 0.6) is 0 Å². The van der Waals surface area contributed by atoms with Crippen LogP contribution in [0.15, 0.2) is 0 Å². The van der Waals surface area contributed by atoms with Gasteiger partial charge in [0.2, 0.25) is 0 Å². The van der Waals surface area contributed by atoms with Crippen LogP contribution in [0.25, 0.3) is 0 Å². The highest BCUT2D eigenvalue weighted by molar-refractivity contribution is 5.76. The molecule has 1 N–H and O–H groups in total. The molecule has 0 saturated heterocycles. The second-order valence-electron chi connectivity index (χ2n) is 4.60.